The summed E-state index contributed by atoms with van der Waals surface area (Å²) < 4.78 is 62.1. The normalized spacial score (nSPS) is 21.7. The number of carbonyl (C=O) groups excluding carboxylic acids is 2. The molecular formula is C28H36F4N6O3. The second-order valence-corrected chi connectivity index (χ2v) is 10.8. The number of amides is 2. The molecule has 4 rings (SSSR count). The Morgan fingerprint density at radius 1 is 1.12 bits per heavy atom. The monoisotopic (exact) mass is 580 g/mol. The van der Waals surface area contributed by atoms with E-state index in [0.717, 1.165) is 38.3 Å². The van der Waals surface area contributed by atoms with E-state index in [2.05, 4.69) is 30.8 Å². The predicted octanol–water partition coefficient (Wildman–Crippen LogP) is 4.45. The van der Waals surface area contributed by atoms with Gasteiger partial charge in [0.25, 0.3) is 5.91 Å². The van der Waals surface area contributed by atoms with E-state index in [1.165, 1.54) is 20.1 Å². The number of hydrogen-bond donors (Lipinski definition) is 3. The summed E-state index contributed by atoms with van der Waals surface area (Å²) in [5, 5.41) is 8.47. The number of nitrogens with one attached hydrogen (secondary N) is 3. The SMILES string of the molecule is COc1cc(C(=O)NC2CCCN(C)C2)c(F)cc1Nc1ncc(C(F)(F)F)c(C[C@@H]2CCCC[C@H]2NC(C)=O)n1. The zero-order valence-corrected chi connectivity index (χ0v) is 23.4. The number of piperidine rings is 1. The average Bonchev–Trinajstić information content (AvgIpc) is 2.89. The van der Waals surface area contributed by atoms with E-state index >= 15 is 4.39 Å². The maximum Gasteiger partial charge on any atom is 0.419 e. The second kappa shape index (κ2) is 13.0. The van der Waals surface area contributed by atoms with Gasteiger partial charge in [0.05, 0.1) is 29.6 Å². The van der Waals surface area contributed by atoms with Crippen molar-refractivity contribution in [1.29, 1.82) is 0 Å². The smallest absolute Gasteiger partial charge is 0.419 e. The summed E-state index contributed by atoms with van der Waals surface area (Å²) in [5.41, 5.74) is -1.34. The second-order valence-electron chi connectivity index (χ2n) is 10.8. The molecule has 1 aliphatic carbocycles. The molecule has 2 aromatic rings. The molecule has 2 aliphatic rings. The van der Waals surface area contributed by atoms with Crippen LogP contribution in [0.1, 0.15) is 67.1 Å². The van der Waals surface area contributed by atoms with Gasteiger partial charge >= 0.3 is 6.18 Å². The molecule has 9 nitrogen and oxygen atoms in total. The average molecular weight is 581 g/mol. The first-order valence-electron chi connectivity index (χ1n) is 13.8. The molecule has 41 heavy (non-hydrogen) atoms. The molecule has 1 unspecified atom stereocenters. The van der Waals surface area contributed by atoms with Crippen LogP contribution in [0.5, 0.6) is 5.75 Å². The van der Waals surface area contributed by atoms with E-state index in [4.69, 9.17) is 4.74 Å². The molecule has 2 amide bonds. The number of alkyl halides is 3. The third kappa shape index (κ3) is 7.84. The van der Waals surface area contributed by atoms with Crippen molar-refractivity contribution in [3.05, 3.63) is 41.0 Å². The van der Waals surface area contributed by atoms with Gasteiger partial charge in [0.1, 0.15) is 11.6 Å². The summed E-state index contributed by atoms with van der Waals surface area (Å²) in [6.45, 7) is 2.97. The van der Waals surface area contributed by atoms with Gasteiger partial charge < -0.3 is 25.6 Å². The van der Waals surface area contributed by atoms with Gasteiger partial charge in [-0.25, -0.2) is 14.4 Å². The van der Waals surface area contributed by atoms with Crippen LogP contribution in [-0.2, 0) is 17.4 Å². The standard InChI is InChI=1S/C28H36F4N6O3/c1-16(39)34-22-9-5-4-7-17(22)11-23-20(28(30,31)32)14-33-27(36-23)37-24-13-21(29)19(12-25(24)41-3)26(40)35-18-8-6-10-38(2)15-18/h12-14,17-18,22H,4-11,15H2,1-3H3,(H,34,39)(H,35,40)(H,33,36,37)/t17-,18?,22+/m0/s1. The van der Waals surface area contributed by atoms with Crippen LogP contribution in [0.25, 0.3) is 0 Å². The fourth-order valence-electron chi connectivity index (χ4n) is 5.68. The number of nitrogens with zero attached hydrogens (tertiary/aromatic N) is 3. The Labute approximate surface area is 236 Å². The molecule has 2 heterocycles. The third-order valence-electron chi connectivity index (χ3n) is 7.67. The number of likely N-dealkylation sites (tertiary alicyclic amines) is 1. The summed E-state index contributed by atoms with van der Waals surface area (Å²) in [7, 11) is 3.29. The zero-order valence-electron chi connectivity index (χ0n) is 23.4. The molecule has 13 heteroatoms. The quantitative estimate of drug-likeness (QED) is 0.396. The molecule has 0 bridgehead atoms. The number of halogens is 4. The summed E-state index contributed by atoms with van der Waals surface area (Å²) in [4.78, 5) is 34.6. The maximum absolute atomic E-state index is 15.1. The number of hydrogen-bond acceptors (Lipinski definition) is 7. The molecule has 0 radical (unpaired) electrons. The van der Waals surface area contributed by atoms with E-state index in [9.17, 15) is 22.8 Å². The highest BCUT2D eigenvalue weighted by Gasteiger charge is 2.37. The van der Waals surface area contributed by atoms with Gasteiger partial charge in [0.15, 0.2) is 0 Å². The van der Waals surface area contributed by atoms with E-state index in [1.807, 2.05) is 7.05 Å². The summed E-state index contributed by atoms with van der Waals surface area (Å²) >= 11 is 0. The largest absolute Gasteiger partial charge is 0.495 e. The van der Waals surface area contributed by atoms with Crippen LogP contribution in [0.3, 0.4) is 0 Å². The topological polar surface area (TPSA) is 108 Å². The van der Waals surface area contributed by atoms with E-state index in [1.54, 1.807) is 0 Å². The van der Waals surface area contributed by atoms with Crippen LogP contribution >= 0.6 is 0 Å². The van der Waals surface area contributed by atoms with Crippen molar-refractivity contribution >= 4 is 23.5 Å². The zero-order chi connectivity index (χ0) is 29.7. The van der Waals surface area contributed by atoms with Crippen molar-refractivity contribution in [2.45, 2.75) is 70.1 Å². The minimum atomic E-state index is -4.68. The molecule has 1 aromatic carbocycles. The number of ether oxygens (including phenoxy) is 1. The van der Waals surface area contributed by atoms with Gasteiger partial charge in [0.2, 0.25) is 11.9 Å². The molecule has 1 aliphatic heterocycles. The fraction of sp³-hybridized carbons (Fsp3) is 0.571. The molecule has 3 N–H and O–H groups in total. The molecular weight excluding hydrogens is 544 g/mol. The Bertz CT molecular complexity index is 1260. The van der Waals surface area contributed by atoms with Gasteiger partial charge in [-0.2, -0.15) is 13.2 Å². The molecule has 3 atom stereocenters. The van der Waals surface area contributed by atoms with Crippen LogP contribution in [0.4, 0.5) is 29.2 Å². The Balaban J connectivity index is 1.58. The Morgan fingerprint density at radius 3 is 2.56 bits per heavy atom. The minimum Gasteiger partial charge on any atom is -0.495 e. The van der Waals surface area contributed by atoms with Gasteiger partial charge in [-0.3, -0.25) is 9.59 Å². The molecule has 2 fully saturated rings. The Hall–Kier alpha value is -3.48. The van der Waals surface area contributed by atoms with Crippen molar-refractivity contribution in [1.82, 2.24) is 25.5 Å². The predicted molar refractivity (Wildman–Crippen MR) is 145 cm³/mol. The van der Waals surface area contributed by atoms with Crippen LogP contribution in [0.15, 0.2) is 18.3 Å². The van der Waals surface area contributed by atoms with Crippen LogP contribution < -0.4 is 20.7 Å². The van der Waals surface area contributed by atoms with Crippen molar-refractivity contribution in [3.8, 4) is 5.75 Å². The van der Waals surface area contributed by atoms with Crippen molar-refractivity contribution < 1.29 is 31.9 Å². The fourth-order valence-corrected chi connectivity index (χ4v) is 5.68. The number of benzene rings is 1. The number of aromatic nitrogens is 2. The summed E-state index contributed by atoms with van der Waals surface area (Å²) in [5.74, 6) is -1.96. The maximum atomic E-state index is 15.1. The Morgan fingerprint density at radius 2 is 1.88 bits per heavy atom. The van der Waals surface area contributed by atoms with Gasteiger partial charge in [-0.1, -0.05) is 12.8 Å². The third-order valence-corrected chi connectivity index (χ3v) is 7.67. The number of carbonyl (C=O) groups is 2. The van der Waals surface area contributed by atoms with E-state index in [-0.39, 0.29) is 59.0 Å². The minimum absolute atomic E-state index is 0.0159. The number of anilines is 2. The first-order chi connectivity index (χ1) is 19.4. The van der Waals surface area contributed by atoms with Crippen molar-refractivity contribution in [2.75, 3.05) is 32.6 Å². The first kappa shape index (κ1) is 30.5. The molecule has 1 saturated carbocycles. The summed E-state index contributed by atoms with van der Waals surface area (Å²) in [6, 6.07) is 1.91. The molecule has 0 spiro atoms. The van der Waals surface area contributed by atoms with Gasteiger partial charge in [0, 0.05) is 37.8 Å². The van der Waals surface area contributed by atoms with Gasteiger partial charge in [-0.05, 0) is 57.7 Å². The lowest BCUT2D eigenvalue weighted by Crippen LogP contribution is -2.46. The van der Waals surface area contributed by atoms with E-state index < -0.39 is 23.5 Å². The van der Waals surface area contributed by atoms with Crippen LogP contribution in [0.2, 0.25) is 0 Å². The van der Waals surface area contributed by atoms with Crippen LogP contribution in [-0.4, -0.2) is 66.0 Å². The van der Waals surface area contributed by atoms with Crippen molar-refractivity contribution in [2.24, 2.45) is 5.92 Å². The Kier molecular flexibility index (Phi) is 9.67. The molecule has 1 aromatic heterocycles. The molecule has 1 saturated heterocycles. The van der Waals surface area contributed by atoms with Crippen LogP contribution in [0, 0.1) is 11.7 Å². The number of likely N-dealkylation sites (N-methyl/N-ethyl adjacent to an activating group) is 1. The lowest BCUT2D eigenvalue weighted by atomic mass is 9.81. The summed E-state index contributed by atoms with van der Waals surface area (Å²) in [6.07, 6.45) is 0.745. The van der Waals surface area contributed by atoms with E-state index in [0.29, 0.717) is 25.6 Å². The molecule has 224 valence electrons. The first-order valence-corrected chi connectivity index (χ1v) is 13.8. The lowest BCUT2D eigenvalue weighted by molar-refractivity contribution is -0.139. The highest BCUT2D eigenvalue weighted by molar-refractivity contribution is 5.96. The lowest BCUT2D eigenvalue weighted by Gasteiger charge is -2.32. The van der Waals surface area contributed by atoms with Gasteiger partial charge in [-0.15, -0.1) is 0 Å². The number of methoxy groups -OCH3 is 1. The highest BCUT2D eigenvalue weighted by atomic mass is 19.4. The number of rotatable bonds is 8. The highest BCUT2D eigenvalue weighted by Crippen LogP contribution is 2.36. The van der Waals surface area contributed by atoms with Crippen molar-refractivity contribution in [3.63, 3.8) is 0 Å².